The van der Waals surface area contributed by atoms with Crippen molar-refractivity contribution in [1.82, 2.24) is 4.98 Å². The highest BCUT2D eigenvalue weighted by atomic mass is 79.9. The first-order chi connectivity index (χ1) is 10.1. The van der Waals surface area contributed by atoms with Crippen LogP contribution in [0, 0.1) is 0 Å². The summed E-state index contributed by atoms with van der Waals surface area (Å²) in [5.41, 5.74) is 7.06. The molecule has 0 saturated carbocycles. The molecule has 0 radical (unpaired) electrons. The Morgan fingerprint density at radius 3 is 2.81 bits per heavy atom. The molecule has 0 saturated heterocycles. The van der Waals surface area contributed by atoms with Gasteiger partial charge in [0.25, 0.3) is 0 Å². The monoisotopic (exact) mass is 429 g/mol. The molecule has 2 rings (SSSR count). The molecule has 0 atom stereocenters. The van der Waals surface area contributed by atoms with Gasteiger partial charge < -0.3 is 11.1 Å². The number of nitrogens with two attached hydrogens (primary N) is 1. The molecule has 0 aliphatic rings. The lowest BCUT2D eigenvalue weighted by Crippen LogP contribution is -2.13. The first kappa shape index (κ1) is 16.3. The second kappa shape index (κ2) is 7.82. The number of carbonyl (C=O) groups excluding carboxylic acids is 1. The topological polar surface area (TPSA) is 68.0 Å². The molecule has 0 bridgehead atoms. The van der Waals surface area contributed by atoms with Crippen LogP contribution < -0.4 is 11.1 Å². The third-order valence-electron chi connectivity index (χ3n) is 2.59. The van der Waals surface area contributed by atoms with Crippen molar-refractivity contribution < 1.29 is 4.79 Å². The summed E-state index contributed by atoms with van der Waals surface area (Å²) in [6.45, 7) is 0.585. The largest absolute Gasteiger partial charge is 0.378 e. The predicted octanol–water partition coefficient (Wildman–Crippen LogP) is 3.80. The second-order valence-electron chi connectivity index (χ2n) is 4.19. The Morgan fingerprint density at radius 2 is 2.10 bits per heavy atom. The number of thioether (sulfide) groups is 1. The van der Waals surface area contributed by atoms with E-state index in [9.17, 15) is 4.79 Å². The number of rotatable bonds is 6. The Bertz CT molecular complexity index is 652. The summed E-state index contributed by atoms with van der Waals surface area (Å²) in [6.07, 6.45) is 1.76. The van der Waals surface area contributed by atoms with Crippen molar-refractivity contribution in [3.8, 4) is 0 Å². The molecule has 1 amide bonds. The molecule has 0 aliphatic heterocycles. The quantitative estimate of drug-likeness (QED) is 0.684. The summed E-state index contributed by atoms with van der Waals surface area (Å²) in [4.78, 5) is 16.3. The SMILES string of the molecule is NC(=O)CSc1ccccc1NCc1ncc(Br)cc1Br. The number of amides is 1. The lowest BCUT2D eigenvalue weighted by Gasteiger charge is -2.11. The van der Waals surface area contributed by atoms with E-state index < -0.39 is 0 Å². The molecule has 0 unspecified atom stereocenters. The fraction of sp³-hybridized carbons (Fsp3) is 0.143. The summed E-state index contributed by atoms with van der Waals surface area (Å²) in [5.74, 6) is -0.0639. The molecule has 0 aliphatic carbocycles. The number of hydrogen-bond acceptors (Lipinski definition) is 4. The molecular weight excluding hydrogens is 418 g/mol. The maximum Gasteiger partial charge on any atom is 0.227 e. The van der Waals surface area contributed by atoms with Crippen LogP contribution >= 0.6 is 43.6 Å². The maximum absolute atomic E-state index is 10.9. The minimum Gasteiger partial charge on any atom is -0.378 e. The minimum absolute atomic E-state index is 0.263. The normalized spacial score (nSPS) is 10.4. The molecule has 0 fully saturated rings. The van der Waals surface area contributed by atoms with Crippen molar-refractivity contribution in [3.63, 3.8) is 0 Å². The lowest BCUT2D eigenvalue weighted by molar-refractivity contribution is -0.115. The standard InChI is InChI=1S/C14H13Br2N3OS/c15-9-5-10(16)12(18-6-9)7-19-11-3-1-2-4-13(11)21-8-14(17)20/h1-6,19H,7-8H2,(H2,17,20). The van der Waals surface area contributed by atoms with Gasteiger partial charge in [-0.2, -0.15) is 0 Å². The molecule has 2 aromatic rings. The number of anilines is 1. The smallest absolute Gasteiger partial charge is 0.227 e. The summed E-state index contributed by atoms with van der Waals surface area (Å²) < 4.78 is 1.86. The number of benzene rings is 1. The van der Waals surface area contributed by atoms with Gasteiger partial charge in [0.1, 0.15) is 0 Å². The highest BCUT2D eigenvalue weighted by molar-refractivity contribution is 9.11. The molecule has 1 heterocycles. The van der Waals surface area contributed by atoms with Gasteiger partial charge in [-0.3, -0.25) is 9.78 Å². The first-order valence-corrected chi connectivity index (χ1v) is 8.67. The molecule has 110 valence electrons. The van der Waals surface area contributed by atoms with Gasteiger partial charge in [0.05, 0.1) is 18.0 Å². The van der Waals surface area contributed by atoms with Crippen LogP contribution in [-0.4, -0.2) is 16.6 Å². The van der Waals surface area contributed by atoms with Gasteiger partial charge in [-0.25, -0.2) is 0 Å². The van der Waals surface area contributed by atoms with E-state index in [4.69, 9.17) is 5.73 Å². The molecular formula is C14H13Br2N3OS. The maximum atomic E-state index is 10.9. The molecule has 4 nitrogen and oxygen atoms in total. The third kappa shape index (κ3) is 5.01. The number of aromatic nitrogens is 1. The molecule has 1 aromatic carbocycles. The number of pyridine rings is 1. The molecule has 3 N–H and O–H groups in total. The summed E-state index contributed by atoms with van der Waals surface area (Å²) in [7, 11) is 0. The molecule has 0 spiro atoms. The summed E-state index contributed by atoms with van der Waals surface area (Å²) in [6, 6.07) is 9.76. The van der Waals surface area contributed by atoms with Crippen molar-refractivity contribution in [2.45, 2.75) is 11.4 Å². The summed E-state index contributed by atoms with van der Waals surface area (Å²) >= 11 is 8.29. The van der Waals surface area contributed by atoms with E-state index in [-0.39, 0.29) is 11.7 Å². The van der Waals surface area contributed by atoms with Crippen molar-refractivity contribution in [1.29, 1.82) is 0 Å². The van der Waals surface area contributed by atoms with Gasteiger partial charge in [-0.15, -0.1) is 11.8 Å². The number of hydrogen-bond donors (Lipinski definition) is 2. The van der Waals surface area contributed by atoms with Crippen molar-refractivity contribution in [2.75, 3.05) is 11.1 Å². The number of nitrogens with zero attached hydrogens (tertiary/aromatic N) is 1. The van der Waals surface area contributed by atoms with Crippen molar-refractivity contribution in [3.05, 3.63) is 51.2 Å². The van der Waals surface area contributed by atoms with E-state index >= 15 is 0 Å². The van der Waals surface area contributed by atoms with Crippen LogP contribution in [-0.2, 0) is 11.3 Å². The third-order valence-corrected chi connectivity index (χ3v) is 4.80. The average Bonchev–Trinajstić information content (AvgIpc) is 2.45. The number of primary amides is 1. The fourth-order valence-electron chi connectivity index (χ4n) is 1.64. The van der Waals surface area contributed by atoms with Gasteiger partial charge in [0, 0.05) is 25.7 Å². The first-order valence-electron chi connectivity index (χ1n) is 6.10. The molecule has 7 heteroatoms. The van der Waals surface area contributed by atoms with Crippen LogP contribution in [0.4, 0.5) is 5.69 Å². The molecule has 21 heavy (non-hydrogen) atoms. The van der Waals surface area contributed by atoms with E-state index in [0.717, 1.165) is 25.2 Å². The number of halogens is 2. The van der Waals surface area contributed by atoms with Crippen molar-refractivity contribution in [2.24, 2.45) is 5.73 Å². The minimum atomic E-state index is -0.327. The van der Waals surface area contributed by atoms with Gasteiger partial charge in [-0.1, -0.05) is 12.1 Å². The Hall–Kier alpha value is -1.05. The van der Waals surface area contributed by atoms with Gasteiger partial charge in [0.15, 0.2) is 0 Å². The van der Waals surface area contributed by atoms with E-state index in [1.165, 1.54) is 11.8 Å². The Balaban J connectivity index is 2.07. The van der Waals surface area contributed by atoms with E-state index in [1.807, 2.05) is 30.3 Å². The molecule has 1 aromatic heterocycles. The second-order valence-corrected chi connectivity index (χ2v) is 6.97. The summed E-state index contributed by atoms with van der Waals surface area (Å²) in [5, 5.41) is 3.33. The number of carbonyl (C=O) groups is 1. The van der Waals surface area contributed by atoms with Crippen molar-refractivity contribution >= 4 is 55.2 Å². The number of para-hydroxylation sites is 1. The lowest BCUT2D eigenvalue weighted by atomic mass is 10.3. The Labute approximate surface area is 144 Å². The van der Waals surface area contributed by atoms with Gasteiger partial charge in [-0.05, 0) is 50.1 Å². The zero-order chi connectivity index (χ0) is 15.2. The highest BCUT2D eigenvalue weighted by Crippen LogP contribution is 2.28. The van der Waals surface area contributed by atoms with Gasteiger partial charge >= 0.3 is 0 Å². The van der Waals surface area contributed by atoms with Crippen LogP contribution in [0.5, 0.6) is 0 Å². The predicted molar refractivity (Wildman–Crippen MR) is 93.3 cm³/mol. The van der Waals surface area contributed by atoms with Crippen LogP contribution in [0.2, 0.25) is 0 Å². The zero-order valence-electron chi connectivity index (χ0n) is 11.0. The Morgan fingerprint density at radius 1 is 1.33 bits per heavy atom. The number of nitrogens with one attached hydrogen (secondary N) is 1. The van der Waals surface area contributed by atoms with E-state index in [1.54, 1.807) is 6.20 Å². The van der Waals surface area contributed by atoms with Crippen LogP contribution in [0.1, 0.15) is 5.69 Å². The van der Waals surface area contributed by atoms with Crippen LogP contribution in [0.25, 0.3) is 0 Å². The van der Waals surface area contributed by atoms with E-state index in [0.29, 0.717) is 6.54 Å². The van der Waals surface area contributed by atoms with E-state index in [2.05, 4.69) is 42.2 Å². The van der Waals surface area contributed by atoms with Crippen LogP contribution in [0.15, 0.2) is 50.4 Å². The fourth-order valence-corrected chi connectivity index (χ4v) is 3.54. The van der Waals surface area contributed by atoms with Gasteiger partial charge in [0.2, 0.25) is 5.91 Å². The zero-order valence-corrected chi connectivity index (χ0v) is 15.0. The van der Waals surface area contributed by atoms with Crippen LogP contribution in [0.3, 0.4) is 0 Å². The average molecular weight is 431 g/mol. The Kier molecular flexibility index (Phi) is 6.08. The highest BCUT2D eigenvalue weighted by Gasteiger charge is 2.06.